The monoisotopic (exact) mass is 772 g/mol. The maximum atomic E-state index is 13.5. The average molecular weight is 773 g/mol. The summed E-state index contributed by atoms with van der Waals surface area (Å²) in [5.74, 6) is 1.61. The summed E-state index contributed by atoms with van der Waals surface area (Å²) in [6.07, 6.45) is 5.90. The predicted molar refractivity (Wildman–Crippen MR) is 213 cm³/mol. The molecule has 55 heavy (non-hydrogen) atoms. The first kappa shape index (κ1) is 47.5. The van der Waals surface area contributed by atoms with Crippen molar-refractivity contribution in [1.82, 2.24) is 19.6 Å². The van der Waals surface area contributed by atoms with Gasteiger partial charge in [-0.1, -0.05) is 18.1 Å². The van der Waals surface area contributed by atoms with Gasteiger partial charge in [-0.3, -0.25) is 38.8 Å². The van der Waals surface area contributed by atoms with Gasteiger partial charge < -0.3 is 23.7 Å². The normalized spacial score (nSPS) is 17.9. The van der Waals surface area contributed by atoms with Gasteiger partial charge in [0.15, 0.2) is 0 Å². The maximum absolute atomic E-state index is 13.5. The molecule has 0 saturated carbocycles. The van der Waals surface area contributed by atoms with Gasteiger partial charge in [0.1, 0.15) is 34.8 Å². The van der Waals surface area contributed by atoms with Crippen LogP contribution in [0.15, 0.2) is 24.3 Å². The van der Waals surface area contributed by atoms with Crippen LogP contribution in [0.1, 0.15) is 88.6 Å². The fourth-order valence-electron chi connectivity index (χ4n) is 5.94. The highest BCUT2D eigenvalue weighted by atomic mass is 16.6. The minimum absolute atomic E-state index is 0.00202. The Morgan fingerprint density at radius 3 is 1.35 bits per heavy atom. The van der Waals surface area contributed by atoms with Gasteiger partial charge in [0.05, 0.1) is 26.2 Å². The molecule has 0 aromatic heterocycles. The third kappa shape index (κ3) is 21.8. The van der Waals surface area contributed by atoms with E-state index in [0.717, 1.165) is 5.56 Å². The van der Waals surface area contributed by atoms with Gasteiger partial charge in [0, 0.05) is 51.9 Å². The van der Waals surface area contributed by atoms with Gasteiger partial charge in [-0.25, -0.2) is 0 Å². The number of esters is 4. The van der Waals surface area contributed by atoms with Crippen LogP contribution in [0.3, 0.4) is 0 Å². The van der Waals surface area contributed by atoms with E-state index < -0.39 is 22.4 Å². The van der Waals surface area contributed by atoms with E-state index in [1.54, 1.807) is 0 Å². The van der Waals surface area contributed by atoms with Crippen LogP contribution < -0.4 is 4.74 Å². The molecule has 310 valence electrons. The zero-order valence-electron chi connectivity index (χ0n) is 35.6. The van der Waals surface area contributed by atoms with E-state index in [2.05, 4.69) is 10.8 Å². The number of terminal acetylenes is 1. The summed E-state index contributed by atoms with van der Waals surface area (Å²) >= 11 is 0. The molecular weight excluding hydrogens is 704 g/mol. The van der Waals surface area contributed by atoms with Gasteiger partial charge in [0.2, 0.25) is 0 Å². The fourth-order valence-corrected chi connectivity index (χ4v) is 5.94. The molecule has 0 radical (unpaired) electrons. The van der Waals surface area contributed by atoms with E-state index >= 15 is 0 Å². The first-order chi connectivity index (χ1) is 25.3. The second-order valence-electron chi connectivity index (χ2n) is 18.1. The molecule has 1 aromatic rings. The van der Waals surface area contributed by atoms with Crippen molar-refractivity contribution in [2.75, 3.05) is 78.6 Å². The Morgan fingerprint density at radius 1 is 0.582 bits per heavy atom. The average Bonchev–Trinajstić information content (AvgIpc) is 2.99. The van der Waals surface area contributed by atoms with Crippen molar-refractivity contribution in [2.45, 2.75) is 118 Å². The number of carbonyl (C=O) groups excluding carboxylic acids is 4. The molecule has 0 amide bonds. The van der Waals surface area contributed by atoms with Crippen molar-refractivity contribution in [3.8, 4) is 18.1 Å². The second-order valence-corrected chi connectivity index (χ2v) is 18.1. The Morgan fingerprint density at radius 2 is 0.945 bits per heavy atom. The minimum Gasteiger partial charge on any atom is -0.481 e. The molecule has 1 heterocycles. The number of benzene rings is 1. The number of ether oxygens (including phenoxy) is 5. The molecular formula is C42H68N4O9. The first-order valence-electron chi connectivity index (χ1n) is 19.2. The largest absolute Gasteiger partial charge is 0.481 e. The van der Waals surface area contributed by atoms with Crippen LogP contribution in [-0.2, 0) is 44.5 Å². The van der Waals surface area contributed by atoms with Crippen molar-refractivity contribution < 1.29 is 42.9 Å². The highest BCUT2D eigenvalue weighted by Gasteiger charge is 2.31. The molecule has 1 atom stereocenters. The Labute approximate surface area is 330 Å². The van der Waals surface area contributed by atoms with E-state index in [1.807, 2.05) is 122 Å². The predicted octanol–water partition coefficient (Wildman–Crippen LogP) is 4.20. The van der Waals surface area contributed by atoms with Crippen LogP contribution in [0.4, 0.5) is 0 Å². The number of hydrogen-bond acceptors (Lipinski definition) is 13. The molecule has 1 aliphatic heterocycles. The van der Waals surface area contributed by atoms with Gasteiger partial charge in [0.25, 0.3) is 0 Å². The lowest BCUT2D eigenvalue weighted by molar-refractivity contribution is -0.160. The summed E-state index contributed by atoms with van der Waals surface area (Å²) in [6.45, 7) is 25.0. The lowest BCUT2D eigenvalue weighted by atomic mass is 10.0. The summed E-state index contributed by atoms with van der Waals surface area (Å²) in [5, 5.41) is 0. The van der Waals surface area contributed by atoms with E-state index in [4.69, 9.17) is 30.1 Å². The number of rotatable bonds is 12. The van der Waals surface area contributed by atoms with Gasteiger partial charge >= 0.3 is 23.9 Å². The van der Waals surface area contributed by atoms with Crippen molar-refractivity contribution >= 4 is 23.9 Å². The summed E-state index contributed by atoms with van der Waals surface area (Å²) in [7, 11) is 0. The third-order valence-corrected chi connectivity index (χ3v) is 7.94. The van der Waals surface area contributed by atoms with E-state index in [-0.39, 0.29) is 62.7 Å². The van der Waals surface area contributed by atoms with Crippen molar-refractivity contribution in [1.29, 1.82) is 0 Å². The van der Waals surface area contributed by atoms with Crippen molar-refractivity contribution in [2.24, 2.45) is 0 Å². The van der Waals surface area contributed by atoms with Crippen molar-refractivity contribution in [3.63, 3.8) is 0 Å². The van der Waals surface area contributed by atoms with Crippen LogP contribution >= 0.6 is 0 Å². The molecule has 1 aliphatic rings. The Bertz CT molecular complexity index is 1430. The Balaban J connectivity index is 2.62. The quantitative estimate of drug-likeness (QED) is 0.171. The standard InChI is InChI=1S/C42H68N4O9/c1-14-25-51-34-17-15-32(16-18-34)26-33-27-45(30-37(49)54-41(8,9)10)22-21-43(28-35(47)52-39(2,3)4)19-20-44(29-36(48)53-40(5,6)7)23-24-46(33)31-38(50)55-42(11,12)13/h1,15-18,33H,19-31H2,2-13H3. The molecule has 0 aliphatic carbocycles. The number of carbonyl (C=O) groups is 4. The smallest absolute Gasteiger partial charge is 0.320 e. The summed E-state index contributed by atoms with van der Waals surface area (Å²) in [6, 6.07) is 7.34. The summed E-state index contributed by atoms with van der Waals surface area (Å²) in [4.78, 5) is 61.2. The number of nitrogens with zero attached hydrogens (tertiary/aromatic N) is 4. The Hall–Kier alpha value is -3.70. The highest BCUT2D eigenvalue weighted by Crippen LogP contribution is 2.19. The van der Waals surface area contributed by atoms with Crippen LogP contribution in [0.5, 0.6) is 5.75 Å². The van der Waals surface area contributed by atoms with E-state index in [1.165, 1.54) is 0 Å². The molecule has 1 aromatic carbocycles. The molecule has 2 rings (SSSR count). The molecule has 1 saturated heterocycles. The van der Waals surface area contributed by atoms with Crippen LogP contribution in [0, 0.1) is 12.3 Å². The lowest BCUT2D eigenvalue weighted by Gasteiger charge is -2.38. The molecule has 1 unspecified atom stereocenters. The molecule has 13 heteroatoms. The van der Waals surface area contributed by atoms with Gasteiger partial charge in [-0.15, -0.1) is 6.42 Å². The molecule has 0 spiro atoms. The SMILES string of the molecule is C#CCOc1ccc(CC2CN(CC(=O)OC(C)(C)C)CCN(CC(=O)OC(C)(C)C)CCN(CC(=O)OC(C)(C)C)CCN2CC(=O)OC(C)(C)C)cc1. The second kappa shape index (κ2) is 21.0. The Kier molecular flexibility index (Phi) is 18.1. The third-order valence-electron chi connectivity index (χ3n) is 7.94. The van der Waals surface area contributed by atoms with Crippen LogP contribution in [0.2, 0.25) is 0 Å². The molecule has 13 nitrogen and oxygen atoms in total. The topological polar surface area (TPSA) is 127 Å². The molecule has 0 N–H and O–H groups in total. The number of hydrogen-bond donors (Lipinski definition) is 0. The van der Waals surface area contributed by atoms with Gasteiger partial charge in [-0.2, -0.15) is 0 Å². The van der Waals surface area contributed by atoms with Crippen molar-refractivity contribution in [3.05, 3.63) is 29.8 Å². The minimum atomic E-state index is -0.698. The van der Waals surface area contributed by atoms with E-state index in [9.17, 15) is 19.2 Å². The highest BCUT2D eigenvalue weighted by molar-refractivity contribution is 5.73. The zero-order chi connectivity index (χ0) is 41.6. The molecule has 0 bridgehead atoms. The summed E-state index contributed by atoms with van der Waals surface area (Å²) in [5.41, 5.74) is -1.73. The lowest BCUT2D eigenvalue weighted by Crippen LogP contribution is -2.54. The van der Waals surface area contributed by atoms with E-state index in [0.29, 0.717) is 58.0 Å². The fraction of sp³-hybridized carbons (Fsp3) is 0.714. The van der Waals surface area contributed by atoms with Crippen LogP contribution in [-0.4, -0.2) is 151 Å². The zero-order valence-corrected chi connectivity index (χ0v) is 35.6. The molecule has 1 fully saturated rings. The van der Waals surface area contributed by atoms with Crippen LogP contribution in [0.25, 0.3) is 0 Å². The first-order valence-corrected chi connectivity index (χ1v) is 19.2. The summed E-state index contributed by atoms with van der Waals surface area (Å²) < 4.78 is 28.5. The maximum Gasteiger partial charge on any atom is 0.320 e. The van der Waals surface area contributed by atoms with Gasteiger partial charge in [-0.05, 0) is 107 Å².